The highest BCUT2D eigenvalue weighted by molar-refractivity contribution is 6.32. The minimum Gasteiger partial charge on any atom is -0.497 e. The fraction of sp³-hybridized carbons (Fsp3) is 0.312. The smallest absolute Gasteiger partial charge is 0.259 e. The molecule has 0 saturated heterocycles. The van der Waals surface area contributed by atoms with Gasteiger partial charge in [0.05, 0.1) is 18.9 Å². The first kappa shape index (κ1) is 14.0. The molecule has 1 fully saturated rings. The fourth-order valence-electron chi connectivity index (χ4n) is 2.28. The van der Waals surface area contributed by atoms with Crippen LogP contribution in [0.5, 0.6) is 5.75 Å². The first-order chi connectivity index (χ1) is 10.2. The first-order valence-corrected chi connectivity index (χ1v) is 7.23. The van der Waals surface area contributed by atoms with Gasteiger partial charge < -0.3 is 14.1 Å². The molecule has 110 valence electrons. The second kappa shape index (κ2) is 5.82. The van der Waals surface area contributed by atoms with Gasteiger partial charge in [0.2, 0.25) is 5.22 Å². The molecule has 21 heavy (non-hydrogen) atoms. The van der Waals surface area contributed by atoms with Crippen molar-refractivity contribution in [1.82, 2.24) is 4.90 Å². The van der Waals surface area contributed by atoms with Crippen LogP contribution < -0.4 is 4.74 Å². The van der Waals surface area contributed by atoms with Crippen LogP contribution in [0.1, 0.15) is 28.8 Å². The van der Waals surface area contributed by atoms with Crippen LogP contribution in [0.2, 0.25) is 5.22 Å². The molecule has 1 aliphatic rings. The number of halogens is 1. The molecule has 1 saturated carbocycles. The van der Waals surface area contributed by atoms with Crippen LogP contribution in [-0.4, -0.2) is 24.0 Å². The predicted molar refractivity (Wildman–Crippen MR) is 79.6 cm³/mol. The number of rotatable bonds is 5. The molecule has 5 heteroatoms. The van der Waals surface area contributed by atoms with E-state index in [1.54, 1.807) is 13.2 Å². The van der Waals surface area contributed by atoms with Crippen LogP contribution in [0.4, 0.5) is 0 Å². The number of carbonyl (C=O) groups excluding carboxylic acids is 1. The molecule has 0 spiro atoms. The van der Waals surface area contributed by atoms with E-state index in [9.17, 15) is 4.79 Å². The molecular weight excluding hydrogens is 290 g/mol. The summed E-state index contributed by atoms with van der Waals surface area (Å²) in [7, 11) is 1.63. The van der Waals surface area contributed by atoms with Crippen LogP contribution in [0.25, 0.3) is 0 Å². The van der Waals surface area contributed by atoms with E-state index in [4.69, 9.17) is 20.8 Å². The lowest BCUT2D eigenvalue weighted by atomic mass is 10.2. The van der Waals surface area contributed by atoms with Gasteiger partial charge in [-0.1, -0.05) is 12.1 Å². The van der Waals surface area contributed by atoms with E-state index in [0.717, 1.165) is 24.2 Å². The van der Waals surface area contributed by atoms with Gasteiger partial charge in [-0.2, -0.15) is 0 Å². The Morgan fingerprint density at radius 3 is 2.57 bits per heavy atom. The van der Waals surface area contributed by atoms with Crippen molar-refractivity contribution in [3.05, 3.63) is 52.9 Å². The van der Waals surface area contributed by atoms with E-state index < -0.39 is 0 Å². The number of hydrogen-bond donors (Lipinski definition) is 0. The highest BCUT2D eigenvalue weighted by atomic mass is 35.5. The summed E-state index contributed by atoms with van der Waals surface area (Å²) >= 11 is 5.92. The van der Waals surface area contributed by atoms with Crippen LogP contribution in [-0.2, 0) is 6.54 Å². The molecule has 1 heterocycles. The summed E-state index contributed by atoms with van der Waals surface area (Å²) in [6, 6.07) is 9.65. The molecule has 3 rings (SSSR count). The minimum atomic E-state index is -0.0768. The van der Waals surface area contributed by atoms with E-state index in [1.807, 2.05) is 29.2 Å². The molecule has 0 aliphatic heterocycles. The molecule has 0 bridgehead atoms. The second-order valence-electron chi connectivity index (χ2n) is 5.12. The molecule has 1 amide bonds. The standard InChI is InChI=1S/C16H16ClNO3/c1-20-13-6-2-11(3-7-13)10-18(12-4-5-12)16(19)14-8-9-21-15(14)17/h2-3,6-9,12H,4-5,10H2,1H3. The Hall–Kier alpha value is -1.94. The van der Waals surface area contributed by atoms with Crippen molar-refractivity contribution in [3.8, 4) is 5.75 Å². The summed E-state index contributed by atoms with van der Waals surface area (Å²) in [5.41, 5.74) is 1.49. The summed E-state index contributed by atoms with van der Waals surface area (Å²) in [6.45, 7) is 0.564. The Balaban J connectivity index is 1.78. The van der Waals surface area contributed by atoms with Gasteiger partial charge >= 0.3 is 0 Å². The van der Waals surface area contributed by atoms with E-state index in [1.165, 1.54) is 6.26 Å². The zero-order valence-corrected chi connectivity index (χ0v) is 12.5. The van der Waals surface area contributed by atoms with Crippen molar-refractivity contribution >= 4 is 17.5 Å². The number of carbonyl (C=O) groups is 1. The molecule has 2 aromatic rings. The highest BCUT2D eigenvalue weighted by Gasteiger charge is 2.34. The molecule has 0 atom stereocenters. The monoisotopic (exact) mass is 305 g/mol. The number of methoxy groups -OCH3 is 1. The van der Waals surface area contributed by atoms with Gasteiger partial charge in [-0.25, -0.2) is 0 Å². The van der Waals surface area contributed by atoms with Crippen LogP contribution in [0.15, 0.2) is 41.0 Å². The lowest BCUT2D eigenvalue weighted by Crippen LogP contribution is -2.32. The molecule has 1 aliphatic carbocycles. The predicted octanol–water partition coefficient (Wildman–Crippen LogP) is 3.75. The van der Waals surface area contributed by atoms with Gasteiger partial charge in [-0.05, 0) is 48.2 Å². The lowest BCUT2D eigenvalue weighted by molar-refractivity contribution is 0.0729. The van der Waals surface area contributed by atoms with Crippen LogP contribution in [0, 0.1) is 0 Å². The molecular formula is C16H16ClNO3. The average molecular weight is 306 g/mol. The number of furan rings is 1. The van der Waals surface area contributed by atoms with Gasteiger partial charge in [0, 0.05) is 12.6 Å². The third-order valence-corrected chi connectivity index (χ3v) is 3.90. The number of hydrogen-bond acceptors (Lipinski definition) is 3. The van der Waals surface area contributed by atoms with Crippen molar-refractivity contribution in [2.24, 2.45) is 0 Å². The maximum atomic E-state index is 12.6. The number of nitrogens with zero attached hydrogens (tertiary/aromatic N) is 1. The van der Waals surface area contributed by atoms with Crippen molar-refractivity contribution < 1.29 is 13.9 Å². The summed E-state index contributed by atoms with van der Waals surface area (Å²) in [6.07, 6.45) is 3.52. The second-order valence-corrected chi connectivity index (χ2v) is 5.46. The third kappa shape index (κ3) is 3.05. The highest BCUT2D eigenvalue weighted by Crippen LogP contribution is 2.31. The van der Waals surface area contributed by atoms with Gasteiger partial charge in [0.15, 0.2) is 0 Å². The van der Waals surface area contributed by atoms with Gasteiger partial charge in [-0.3, -0.25) is 4.79 Å². The van der Waals surface area contributed by atoms with Crippen molar-refractivity contribution in [1.29, 1.82) is 0 Å². The number of benzene rings is 1. The minimum absolute atomic E-state index is 0.0768. The van der Waals surface area contributed by atoms with E-state index >= 15 is 0 Å². The Labute approximate surface area is 128 Å². The molecule has 1 aromatic heterocycles. The maximum absolute atomic E-state index is 12.6. The van der Waals surface area contributed by atoms with Crippen LogP contribution in [0.3, 0.4) is 0 Å². The summed E-state index contributed by atoms with van der Waals surface area (Å²) in [5, 5.41) is 0.153. The molecule has 4 nitrogen and oxygen atoms in total. The Kier molecular flexibility index (Phi) is 3.88. The number of amides is 1. The molecule has 0 radical (unpaired) electrons. The maximum Gasteiger partial charge on any atom is 0.259 e. The van der Waals surface area contributed by atoms with Crippen LogP contribution >= 0.6 is 11.6 Å². The Bertz CT molecular complexity index is 631. The van der Waals surface area contributed by atoms with Crippen molar-refractivity contribution in [2.75, 3.05) is 7.11 Å². The van der Waals surface area contributed by atoms with Crippen molar-refractivity contribution in [3.63, 3.8) is 0 Å². The largest absolute Gasteiger partial charge is 0.497 e. The van der Waals surface area contributed by atoms with E-state index in [2.05, 4.69) is 0 Å². The van der Waals surface area contributed by atoms with Gasteiger partial charge in [0.25, 0.3) is 5.91 Å². The van der Waals surface area contributed by atoms with Gasteiger partial charge in [0.1, 0.15) is 5.75 Å². The first-order valence-electron chi connectivity index (χ1n) is 6.86. The summed E-state index contributed by atoms with van der Waals surface area (Å²) < 4.78 is 10.2. The average Bonchev–Trinajstić information content (AvgIpc) is 3.26. The summed E-state index contributed by atoms with van der Waals surface area (Å²) in [5.74, 6) is 0.730. The van der Waals surface area contributed by atoms with Gasteiger partial charge in [-0.15, -0.1) is 0 Å². The molecule has 1 aromatic carbocycles. The molecule has 0 N–H and O–H groups in total. The van der Waals surface area contributed by atoms with E-state index in [-0.39, 0.29) is 11.1 Å². The molecule has 0 unspecified atom stereocenters. The zero-order chi connectivity index (χ0) is 14.8. The van der Waals surface area contributed by atoms with Crippen molar-refractivity contribution in [2.45, 2.75) is 25.4 Å². The zero-order valence-electron chi connectivity index (χ0n) is 11.7. The lowest BCUT2D eigenvalue weighted by Gasteiger charge is -2.22. The third-order valence-electron chi connectivity index (χ3n) is 3.61. The Morgan fingerprint density at radius 1 is 1.33 bits per heavy atom. The fourth-order valence-corrected chi connectivity index (χ4v) is 2.48. The normalized spacial score (nSPS) is 14.0. The Morgan fingerprint density at radius 2 is 2.05 bits per heavy atom. The SMILES string of the molecule is COc1ccc(CN(C(=O)c2ccoc2Cl)C2CC2)cc1. The summed E-state index contributed by atoms with van der Waals surface area (Å²) in [4.78, 5) is 14.5. The van der Waals surface area contributed by atoms with E-state index in [0.29, 0.717) is 18.2 Å². The topological polar surface area (TPSA) is 42.7 Å². The quantitative estimate of drug-likeness (QED) is 0.845. The number of ether oxygens (including phenoxy) is 1.